The minimum atomic E-state index is 0.382. The van der Waals surface area contributed by atoms with Crippen molar-refractivity contribution in [3.05, 3.63) is 46.8 Å². The topological polar surface area (TPSA) is 66.0 Å². The van der Waals surface area contributed by atoms with Gasteiger partial charge in [0.05, 0.1) is 18.8 Å². The molecule has 5 heteroatoms. The Bertz CT molecular complexity index is 504. The molecule has 0 saturated heterocycles. The third-order valence-electron chi connectivity index (χ3n) is 2.85. The first kappa shape index (κ1) is 12.7. The SMILES string of the molecule is COCc1c(CN)nnn1Cc1ccc(C)cc1. The van der Waals surface area contributed by atoms with Crippen molar-refractivity contribution in [3.63, 3.8) is 0 Å². The molecule has 2 rings (SSSR count). The molecule has 0 spiro atoms. The van der Waals surface area contributed by atoms with Crippen LogP contribution in [0.2, 0.25) is 0 Å². The number of hydrogen-bond donors (Lipinski definition) is 1. The number of aryl methyl sites for hydroxylation is 1. The van der Waals surface area contributed by atoms with Gasteiger partial charge in [0.15, 0.2) is 0 Å². The van der Waals surface area contributed by atoms with E-state index in [1.165, 1.54) is 11.1 Å². The van der Waals surface area contributed by atoms with Gasteiger partial charge in [-0.2, -0.15) is 0 Å². The molecule has 0 aliphatic heterocycles. The van der Waals surface area contributed by atoms with E-state index >= 15 is 0 Å². The van der Waals surface area contributed by atoms with Crippen LogP contribution in [0.1, 0.15) is 22.5 Å². The summed E-state index contributed by atoms with van der Waals surface area (Å²) in [6, 6.07) is 8.36. The van der Waals surface area contributed by atoms with Crippen molar-refractivity contribution in [2.75, 3.05) is 7.11 Å². The van der Waals surface area contributed by atoms with Gasteiger partial charge in [0.1, 0.15) is 5.69 Å². The zero-order valence-corrected chi connectivity index (χ0v) is 10.8. The third-order valence-corrected chi connectivity index (χ3v) is 2.85. The van der Waals surface area contributed by atoms with E-state index in [1.54, 1.807) is 7.11 Å². The quantitative estimate of drug-likeness (QED) is 0.862. The molecule has 96 valence electrons. The second-order valence-corrected chi connectivity index (χ2v) is 4.26. The lowest BCUT2D eigenvalue weighted by molar-refractivity contribution is 0.176. The number of nitrogens with zero attached hydrogens (tertiary/aromatic N) is 3. The molecule has 0 radical (unpaired) electrons. The Kier molecular flexibility index (Phi) is 4.07. The Morgan fingerprint density at radius 1 is 1.28 bits per heavy atom. The first-order valence-electron chi connectivity index (χ1n) is 5.90. The molecular weight excluding hydrogens is 228 g/mol. The van der Waals surface area contributed by atoms with E-state index in [-0.39, 0.29) is 0 Å². The number of hydrogen-bond acceptors (Lipinski definition) is 4. The van der Waals surface area contributed by atoms with E-state index in [0.29, 0.717) is 19.7 Å². The summed E-state index contributed by atoms with van der Waals surface area (Å²) in [6.45, 7) is 3.62. The normalized spacial score (nSPS) is 10.8. The van der Waals surface area contributed by atoms with Crippen molar-refractivity contribution in [2.45, 2.75) is 26.6 Å². The van der Waals surface area contributed by atoms with Gasteiger partial charge in [0, 0.05) is 13.7 Å². The van der Waals surface area contributed by atoms with Crippen molar-refractivity contribution in [1.82, 2.24) is 15.0 Å². The van der Waals surface area contributed by atoms with Gasteiger partial charge < -0.3 is 10.5 Å². The smallest absolute Gasteiger partial charge is 0.102 e. The average Bonchev–Trinajstić information content (AvgIpc) is 2.75. The van der Waals surface area contributed by atoms with Gasteiger partial charge in [-0.05, 0) is 12.5 Å². The van der Waals surface area contributed by atoms with Gasteiger partial charge in [-0.3, -0.25) is 0 Å². The predicted octanol–water partition coefficient (Wildman–Crippen LogP) is 1.24. The van der Waals surface area contributed by atoms with E-state index in [1.807, 2.05) is 4.68 Å². The molecule has 0 aliphatic carbocycles. The molecule has 0 atom stereocenters. The molecule has 0 amide bonds. The minimum absolute atomic E-state index is 0.382. The predicted molar refractivity (Wildman–Crippen MR) is 68.9 cm³/mol. The molecule has 0 aliphatic rings. The van der Waals surface area contributed by atoms with Crippen molar-refractivity contribution in [3.8, 4) is 0 Å². The Morgan fingerprint density at radius 3 is 2.61 bits per heavy atom. The van der Waals surface area contributed by atoms with Gasteiger partial charge >= 0.3 is 0 Å². The number of rotatable bonds is 5. The molecule has 1 heterocycles. The number of ether oxygens (including phenoxy) is 1. The van der Waals surface area contributed by atoms with Crippen molar-refractivity contribution in [1.29, 1.82) is 0 Å². The zero-order valence-electron chi connectivity index (χ0n) is 10.8. The Labute approximate surface area is 107 Å². The summed E-state index contributed by atoms with van der Waals surface area (Å²) in [4.78, 5) is 0. The van der Waals surface area contributed by atoms with Gasteiger partial charge in [0.2, 0.25) is 0 Å². The number of methoxy groups -OCH3 is 1. The van der Waals surface area contributed by atoms with Crippen molar-refractivity contribution >= 4 is 0 Å². The van der Waals surface area contributed by atoms with Crippen LogP contribution in [-0.4, -0.2) is 22.1 Å². The number of nitrogens with two attached hydrogens (primary N) is 1. The van der Waals surface area contributed by atoms with Crippen LogP contribution in [0.25, 0.3) is 0 Å². The molecule has 2 N–H and O–H groups in total. The first-order valence-corrected chi connectivity index (χ1v) is 5.90. The molecule has 0 saturated carbocycles. The lowest BCUT2D eigenvalue weighted by Gasteiger charge is -2.07. The number of benzene rings is 1. The largest absolute Gasteiger partial charge is 0.378 e. The lowest BCUT2D eigenvalue weighted by Crippen LogP contribution is -2.09. The number of aromatic nitrogens is 3. The van der Waals surface area contributed by atoms with Crippen molar-refractivity contribution in [2.24, 2.45) is 5.73 Å². The molecule has 5 nitrogen and oxygen atoms in total. The Balaban J connectivity index is 2.22. The van der Waals surface area contributed by atoms with Gasteiger partial charge in [0.25, 0.3) is 0 Å². The maximum atomic E-state index is 5.64. The van der Waals surface area contributed by atoms with E-state index in [0.717, 1.165) is 11.4 Å². The summed E-state index contributed by atoms with van der Waals surface area (Å²) < 4.78 is 7.01. The van der Waals surface area contributed by atoms with Gasteiger partial charge in [-0.15, -0.1) is 5.10 Å². The van der Waals surface area contributed by atoms with Crippen LogP contribution in [0.3, 0.4) is 0 Å². The van der Waals surface area contributed by atoms with Crippen LogP contribution < -0.4 is 5.73 Å². The molecule has 1 aromatic heterocycles. The minimum Gasteiger partial charge on any atom is -0.378 e. The molecule has 0 unspecified atom stereocenters. The van der Waals surface area contributed by atoms with Crippen LogP contribution in [-0.2, 0) is 24.4 Å². The summed E-state index contributed by atoms with van der Waals surface area (Å²) in [5.41, 5.74) is 9.81. The summed E-state index contributed by atoms with van der Waals surface area (Å²) in [6.07, 6.45) is 0. The monoisotopic (exact) mass is 246 g/mol. The summed E-state index contributed by atoms with van der Waals surface area (Å²) in [7, 11) is 1.66. The molecule has 0 bridgehead atoms. The fourth-order valence-electron chi connectivity index (χ4n) is 1.82. The van der Waals surface area contributed by atoms with Crippen LogP contribution >= 0.6 is 0 Å². The first-order chi connectivity index (χ1) is 8.74. The van der Waals surface area contributed by atoms with Gasteiger partial charge in [-0.1, -0.05) is 35.0 Å². The second kappa shape index (κ2) is 5.75. The van der Waals surface area contributed by atoms with Crippen LogP contribution in [0.15, 0.2) is 24.3 Å². The van der Waals surface area contributed by atoms with E-state index in [9.17, 15) is 0 Å². The molecular formula is C13H18N4O. The Morgan fingerprint density at radius 2 is 2.00 bits per heavy atom. The highest BCUT2D eigenvalue weighted by Crippen LogP contribution is 2.10. The third kappa shape index (κ3) is 2.75. The van der Waals surface area contributed by atoms with Gasteiger partial charge in [-0.25, -0.2) is 4.68 Å². The summed E-state index contributed by atoms with van der Waals surface area (Å²) in [5, 5.41) is 8.20. The summed E-state index contributed by atoms with van der Waals surface area (Å²) in [5.74, 6) is 0. The maximum Gasteiger partial charge on any atom is 0.102 e. The molecule has 18 heavy (non-hydrogen) atoms. The van der Waals surface area contributed by atoms with E-state index in [2.05, 4.69) is 41.5 Å². The van der Waals surface area contributed by atoms with E-state index in [4.69, 9.17) is 10.5 Å². The standard InChI is InChI=1S/C13H18N4O/c1-10-3-5-11(6-4-10)8-17-13(9-18-2)12(7-14)15-16-17/h3-6H,7-9,14H2,1-2H3. The average molecular weight is 246 g/mol. The van der Waals surface area contributed by atoms with Crippen molar-refractivity contribution < 1.29 is 4.74 Å². The zero-order chi connectivity index (χ0) is 13.0. The Hall–Kier alpha value is -1.72. The van der Waals surface area contributed by atoms with E-state index < -0.39 is 0 Å². The van der Waals surface area contributed by atoms with Crippen LogP contribution in [0.5, 0.6) is 0 Å². The molecule has 2 aromatic rings. The fraction of sp³-hybridized carbons (Fsp3) is 0.385. The summed E-state index contributed by atoms with van der Waals surface area (Å²) >= 11 is 0. The highest BCUT2D eigenvalue weighted by molar-refractivity contribution is 5.22. The molecule has 1 aromatic carbocycles. The highest BCUT2D eigenvalue weighted by Gasteiger charge is 2.11. The second-order valence-electron chi connectivity index (χ2n) is 4.26. The highest BCUT2D eigenvalue weighted by atomic mass is 16.5. The fourth-order valence-corrected chi connectivity index (χ4v) is 1.82. The van der Waals surface area contributed by atoms with Crippen LogP contribution in [0, 0.1) is 6.92 Å². The lowest BCUT2D eigenvalue weighted by atomic mass is 10.1. The maximum absolute atomic E-state index is 5.64. The van der Waals surface area contributed by atoms with Crippen LogP contribution in [0.4, 0.5) is 0 Å². The molecule has 0 fully saturated rings.